The Hall–Kier alpha value is 0.0949. The van der Waals surface area contributed by atoms with E-state index in [1.807, 2.05) is 0 Å². The number of hydrogen-bond acceptors (Lipinski definition) is 0. The van der Waals surface area contributed by atoms with Crippen molar-refractivity contribution in [3.05, 3.63) is 11.5 Å². The van der Waals surface area contributed by atoms with Gasteiger partial charge in [0.2, 0.25) is 0 Å². The van der Waals surface area contributed by atoms with Crippen LogP contribution in [0.2, 0.25) is 5.82 Å². The van der Waals surface area contributed by atoms with Gasteiger partial charge >= 0.3 is 0 Å². The predicted octanol–water partition coefficient (Wildman–Crippen LogP) is 6.79. The SMILES string of the molecule is CCCC/C=C(\B(Cl)C1CCCCC1)C1CCCCC1. The fraction of sp³-hybridized carbons (Fsp3) is 0.889. The van der Waals surface area contributed by atoms with Crippen LogP contribution in [-0.2, 0) is 0 Å². The summed E-state index contributed by atoms with van der Waals surface area (Å²) < 4.78 is 0. The van der Waals surface area contributed by atoms with E-state index in [1.165, 1.54) is 83.5 Å². The molecule has 0 radical (unpaired) electrons. The molecule has 0 saturated heterocycles. The summed E-state index contributed by atoms with van der Waals surface area (Å²) in [6.07, 6.45) is 20.8. The molecule has 0 aromatic heterocycles. The minimum Gasteiger partial charge on any atom is -0.189 e. The van der Waals surface area contributed by atoms with Gasteiger partial charge < -0.3 is 0 Å². The first-order valence-electron chi connectivity index (χ1n) is 9.17. The second-order valence-electron chi connectivity index (χ2n) is 6.98. The quantitative estimate of drug-likeness (QED) is 0.374. The van der Waals surface area contributed by atoms with E-state index in [2.05, 4.69) is 13.0 Å². The molecular formula is C18H32BCl. The number of rotatable bonds is 6. The molecule has 0 aromatic rings. The van der Waals surface area contributed by atoms with Crippen LogP contribution in [0.15, 0.2) is 11.5 Å². The molecule has 0 atom stereocenters. The normalized spacial score (nSPS) is 23.0. The zero-order valence-electron chi connectivity index (χ0n) is 13.4. The summed E-state index contributed by atoms with van der Waals surface area (Å²) in [5, 5.41) is 0. The van der Waals surface area contributed by atoms with E-state index in [4.69, 9.17) is 11.5 Å². The summed E-state index contributed by atoms with van der Waals surface area (Å²) >= 11 is 6.97. The molecule has 2 aliphatic carbocycles. The van der Waals surface area contributed by atoms with E-state index in [-0.39, 0.29) is 0 Å². The summed E-state index contributed by atoms with van der Waals surface area (Å²) in [4.78, 5) is 0. The highest BCUT2D eigenvalue weighted by atomic mass is 35.5. The van der Waals surface area contributed by atoms with Crippen molar-refractivity contribution in [1.29, 1.82) is 0 Å². The van der Waals surface area contributed by atoms with Crippen molar-refractivity contribution >= 4 is 17.6 Å². The second-order valence-corrected chi connectivity index (χ2v) is 7.45. The highest BCUT2D eigenvalue weighted by Gasteiger charge is 2.32. The van der Waals surface area contributed by atoms with Crippen LogP contribution in [0.3, 0.4) is 0 Å². The van der Waals surface area contributed by atoms with Gasteiger partial charge in [-0.25, -0.2) is 0 Å². The van der Waals surface area contributed by atoms with Gasteiger partial charge in [0.1, 0.15) is 0 Å². The molecule has 0 aromatic carbocycles. The molecule has 0 heterocycles. The van der Waals surface area contributed by atoms with Crippen molar-refractivity contribution in [2.24, 2.45) is 5.92 Å². The molecule has 2 heteroatoms. The van der Waals surface area contributed by atoms with Gasteiger partial charge in [-0.15, -0.1) is 0 Å². The van der Waals surface area contributed by atoms with Crippen LogP contribution in [-0.4, -0.2) is 6.13 Å². The molecule has 0 N–H and O–H groups in total. The first-order chi connectivity index (χ1) is 9.83. The topological polar surface area (TPSA) is 0 Å². The first kappa shape index (κ1) is 16.5. The Balaban J connectivity index is 2.01. The molecule has 0 unspecified atom stereocenters. The summed E-state index contributed by atoms with van der Waals surface area (Å²) in [6.45, 7) is 2.29. The van der Waals surface area contributed by atoms with Crippen molar-refractivity contribution in [3.8, 4) is 0 Å². The molecule has 2 aliphatic rings. The van der Waals surface area contributed by atoms with Crippen LogP contribution < -0.4 is 0 Å². The Morgan fingerprint density at radius 1 is 1.00 bits per heavy atom. The van der Waals surface area contributed by atoms with E-state index >= 15 is 0 Å². The molecule has 0 spiro atoms. The largest absolute Gasteiger partial charge is 0.282 e. The summed E-state index contributed by atoms with van der Waals surface area (Å²) in [7, 11) is 0. The lowest BCUT2D eigenvalue weighted by atomic mass is 9.49. The van der Waals surface area contributed by atoms with Gasteiger partial charge in [0.05, 0.1) is 0 Å². The van der Waals surface area contributed by atoms with Crippen molar-refractivity contribution in [3.63, 3.8) is 0 Å². The zero-order chi connectivity index (χ0) is 14.2. The molecule has 2 saturated carbocycles. The maximum Gasteiger partial charge on any atom is 0.282 e. The first-order valence-corrected chi connectivity index (χ1v) is 9.60. The summed E-state index contributed by atoms with van der Waals surface area (Å²) in [6, 6.07) is 0. The molecular weight excluding hydrogens is 262 g/mol. The highest BCUT2D eigenvalue weighted by molar-refractivity contribution is 7.11. The Bertz CT molecular complexity index is 288. The zero-order valence-corrected chi connectivity index (χ0v) is 14.1. The van der Waals surface area contributed by atoms with E-state index in [9.17, 15) is 0 Å². The Morgan fingerprint density at radius 3 is 2.20 bits per heavy atom. The number of halogens is 1. The predicted molar refractivity (Wildman–Crippen MR) is 92.6 cm³/mol. The lowest BCUT2D eigenvalue weighted by Crippen LogP contribution is -2.26. The standard InChI is InChI=1S/C18H32BCl/c1-2-3-6-15-18(16-11-7-4-8-12-16)19(20)17-13-9-5-10-14-17/h15-17H,2-14H2,1H3/b18-15-. The third-order valence-electron chi connectivity index (χ3n) is 5.40. The van der Waals surface area contributed by atoms with Gasteiger partial charge in [-0.3, -0.25) is 0 Å². The Labute approximate surface area is 131 Å². The molecule has 2 fully saturated rings. The fourth-order valence-corrected chi connectivity index (χ4v) is 4.63. The maximum atomic E-state index is 6.97. The van der Waals surface area contributed by atoms with Gasteiger partial charge in [0, 0.05) is 0 Å². The minimum atomic E-state index is 0.343. The molecule has 0 nitrogen and oxygen atoms in total. The van der Waals surface area contributed by atoms with Gasteiger partial charge in [-0.1, -0.05) is 82.7 Å². The van der Waals surface area contributed by atoms with Crippen molar-refractivity contribution in [2.45, 2.75) is 96.2 Å². The average molecular weight is 295 g/mol. The molecule has 0 bridgehead atoms. The Morgan fingerprint density at radius 2 is 1.60 bits per heavy atom. The van der Waals surface area contributed by atoms with Crippen LogP contribution in [0.1, 0.15) is 90.4 Å². The van der Waals surface area contributed by atoms with Gasteiger partial charge in [0.25, 0.3) is 6.13 Å². The van der Waals surface area contributed by atoms with E-state index in [1.54, 1.807) is 5.47 Å². The third-order valence-corrected chi connectivity index (χ3v) is 6.00. The van der Waals surface area contributed by atoms with E-state index in [0.29, 0.717) is 6.13 Å². The van der Waals surface area contributed by atoms with Crippen LogP contribution in [0.25, 0.3) is 0 Å². The summed E-state index contributed by atoms with van der Waals surface area (Å²) in [5.41, 5.74) is 1.65. The van der Waals surface area contributed by atoms with Crippen molar-refractivity contribution in [1.82, 2.24) is 0 Å². The monoisotopic (exact) mass is 294 g/mol. The molecule has 20 heavy (non-hydrogen) atoms. The van der Waals surface area contributed by atoms with Gasteiger partial charge in [0.15, 0.2) is 0 Å². The van der Waals surface area contributed by atoms with Crippen molar-refractivity contribution in [2.75, 3.05) is 0 Å². The fourth-order valence-electron chi connectivity index (χ4n) is 4.11. The molecule has 0 aliphatic heterocycles. The lowest BCUT2D eigenvalue weighted by Gasteiger charge is -2.31. The van der Waals surface area contributed by atoms with Gasteiger partial charge in [-0.2, -0.15) is 11.5 Å². The van der Waals surface area contributed by atoms with Crippen molar-refractivity contribution < 1.29 is 0 Å². The third kappa shape index (κ3) is 4.83. The number of hydrogen-bond donors (Lipinski definition) is 0. The van der Waals surface area contributed by atoms with Crippen LogP contribution in [0, 0.1) is 5.92 Å². The van der Waals surface area contributed by atoms with Gasteiger partial charge in [-0.05, 0) is 31.0 Å². The van der Waals surface area contributed by atoms with Crippen LogP contribution >= 0.6 is 11.5 Å². The average Bonchev–Trinajstić information content (AvgIpc) is 2.53. The van der Waals surface area contributed by atoms with E-state index in [0.717, 1.165) is 11.7 Å². The number of unbranched alkanes of at least 4 members (excludes halogenated alkanes) is 2. The smallest absolute Gasteiger partial charge is 0.189 e. The van der Waals surface area contributed by atoms with E-state index < -0.39 is 0 Å². The summed E-state index contributed by atoms with van der Waals surface area (Å²) in [5.74, 6) is 1.57. The number of allylic oxidation sites excluding steroid dienone is 2. The van der Waals surface area contributed by atoms with Crippen LogP contribution in [0.5, 0.6) is 0 Å². The highest BCUT2D eigenvalue weighted by Crippen LogP contribution is 2.40. The lowest BCUT2D eigenvalue weighted by molar-refractivity contribution is 0.409. The minimum absolute atomic E-state index is 0.343. The molecule has 0 amide bonds. The second kappa shape index (κ2) is 9.18. The molecule has 114 valence electrons. The Kier molecular flexibility index (Phi) is 7.56. The molecule has 2 rings (SSSR count). The maximum absolute atomic E-state index is 6.97. The van der Waals surface area contributed by atoms with Crippen LogP contribution in [0.4, 0.5) is 0 Å².